The van der Waals surface area contributed by atoms with E-state index in [0.717, 1.165) is 25.1 Å². The summed E-state index contributed by atoms with van der Waals surface area (Å²) in [5.41, 5.74) is 0. The molecule has 2 aromatic rings. The summed E-state index contributed by atoms with van der Waals surface area (Å²) in [7, 11) is 0. The maximum absolute atomic E-state index is 12.4. The van der Waals surface area contributed by atoms with Gasteiger partial charge in [-0.1, -0.05) is 0 Å². The molecular weight excluding hydrogens is 296 g/mol. The summed E-state index contributed by atoms with van der Waals surface area (Å²) >= 11 is 0. The van der Waals surface area contributed by atoms with E-state index in [1.807, 2.05) is 24.0 Å². The molecule has 1 aliphatic rings. The molecule has 122 valence electrons. The quantitative estimate of drug-likeness (QED) is 0.874. The van der Waals surface area contributed by atoms with Gasteiger partial charge in [-0.15, -0.1) is 10.2 Å². The van der Waals surface area contributed by atoms with Crippen LogP contribution >= 0.6 is 0 Å². The molecule has 0 aliphatic carbocycles. The second-order valence-electron chi connectivity index (χ2n) is 5.31. The van der Waals surface area contributed by atoms with Crippen LogP contribution in [0.3, 0.4) is 0 Å². The number of carbonyl (C=O) groups is 1. The van der Waals surface area contributed by atoms with Crippen LogP contribution in [0.1, 0.15) is 25.5 Å². The first kappa shape index (κ1) is 15.3. The summed E-state index contributed by atoms with van der Waals surface area (Å²) < 4.78 is 10.5. The van der Waals surface area contributed by atoms with Crippen LogP contribution in [0.4, 0.5) is 5.82 Å². The lowest BCUT2D eigenvalue weighted by molar-refractivity contribution is -0.122. The highest BCUT2D eigenvalue weighted by atomic mass is 16.5. The summed E-state index contributed by atoms with van der Waals surface area (Å²) in [4.78, 5) is 14.4. The van der Waals surface area contributed by atoms with Gasteiger partial charge in [0.25, 0.3) is 0 Å². The van der Waals surface area contributed by atoms with Gasteiger partial charge in [0.2, 0.25) is 11.8 Å². The Kier molecular flexibility index (Phi) is 4.75. The predicted octanol–water partition coefficient (Wildman–Crippen LogP) is 1.75. The molecule has 2 aromatic heterocycles. The summed E-state index contributed by atoms with van der Waals surface area (Å²) in [6, 6.07) is 7.04. The summed E-state index contributed by atoms with van der Waals surface area (Å²) in [6.45, 7) is 3.64. The van der Waals surface area contributed by atoms with Gasteiger partial charge in [0.1, 0.15) is 11.8 Å². The van der Waals surface area contributed by atoms with Gasteiger partial charge >= 0.3 is 0 Å². The maximum Gasteiger partial charge on any atom is 0.243 e. The van der Waals surface area contributed by atoms with E-state index in [9.17, 15) is 4.79 Å². The van der Waals surface area contributed by atoms with Crippen LogP contribution in [0.5, 0.6) is 5.88 Å². The molecule has 1 N–H and O–H groups in total. The second kappa shape index (κ2) is 7.13. The normalized spacial score (nSPS) is 17.3. The van der Waals surface area contributed by atoms with E-state index >= 15 is 0 Å². The van der Waals surface area contributed by atoms with E-state index in [0.29, 0.717) is 24.8 Å². The van der Waals surface area contributed by atoms with Gasteiger partial charge in [0.15, 0.2) is 5.82 Å². The largest absolute Gasteiger partial charge is 0.477 e. The number of carbonyl (C=O) groups excluding carboxylic acids is 1. The molecular formula is C16H20N4O3. The number of amides is 1. The zero-order valence-corrected chi connectivity index (χ0v) is 13.1. The molecule has 0 bridgehead atoms. The molecule has 7 heteroatoms. The molecule has 0 radical (unpaired) electrons. The van der Waals surface area contributed by atoms with Gasteiger partial charge in [-0.3, -0.25) is 4.79 Å². The number of ether oxygens (including phenoxy) is 1. The summed E-state index contributed by atoms with van der Waals surface area (Å²) in [6.07, 6.45) is 3.35. The summed E-state index contributed by atoms with van der Waals surface area (Å²) in [5, 5.41) is 11.1. The van der Waals surface area contributed by atoms with Crippen LogP contribution in [0.2, 0.25) is 0 Å². The fraction of sp³-hybridized carbons (Fsp3) is 0.438. The van der Waals surface area contributed by atoms with Crippen molar-refractivity contribution >= 4 is 11.7 Å². The first-order valence-electron chi connectivity index (χ1n) is 7.81. The van der Waals surface area contributed by atoms with E-state index in [1.54, 1.807) is 18.4 Å². The number of furan rings is 1. The highest BCUT2D eigenvalue weighted by Crippen LogP contribution is 2.24. The molecule has 1 atom stereocenters. The van der Waals surface area contributed by atoms with Crippen LogP contribution in [0, 0.1) is 0 Å². The molecule has 1 amide bonds. The van der Waals surface area contributed by atoms with E-state index < -0.39 is 0 Å². The standard InChI is InChI=1S/C16H20N4O3/c1-2-22-15-8-7-14(18-19-15)20-9-3-6-13(20)16(21)17-11-12-5-4-10-23-12/h4-5,7-8,10,13H,2-3,6,9,11H2,1H3,(H,17,21). The average molecular weight is 316 g/mol. The Bertz CT molecular complexity index is 627. The van der Waals surface area contributed by atoms with E-state index in [1.165, 1.54) is 0 Å². The SMILES string of the molecule is CCOc1ccc(N2CCCC2C(=O)NCc2ccco2)nn1. The van der Waals surface area contributed by atoms with E-state index in [4.69, 9.17) is 9.15 Å². The highest BCUT2D eigenvalue weighted by molar-refractivity contribution is 5.85. The number of hydrogen-bond donors (Lipinski definition) is 1. The van der Waals surface area contributed by atoms with Crippen molar-refractivity contribution in [2.75, 3.05) is 18.1 Å². The first-order chi connectivity index (χ1) is 11.3. The number of hydrogen-bond acceptors (Lipinski definition) is 6. The predicted molar refractivity (Wildman–Crippen MR) is 84.1 cm³/mol. The smallest absolute Gasteiger partial charge is 0.243 e. The molecule has 23 heavy (non-hydrogen) atoms. The minimum atomic E-state index is -0.225. The fourth-order valence-corrected chi connectivity index (χ4v) is 2.71. The van der Waals surface area contributed by atoms with Crippen molar-refractivity contribution in [1.29, 1.82) is 0 Å². The van der Waals surface area contributed by atoms with Crippen molar-refractivity contribution in [3.05, 3.63) is 36.3 Å². The van der Waals surface area contributed by atoms with Gasteiger partial charge in [-0.05, 0) is 38.0 Å². The number of rotatable bonds is 6. The fourth-order valence-electron chi connectivity index (χ4n) is 2.71. The number of nitrogens with zero attached hydrogens (tertiary/aromatic N) is 3. The third-order valence-electron chi connectivity index (χ3n) is 3.78. The number of anilines is 1. The van der Waals surface area contributed by atoms with Crippen molar-refractivity contribution in [1.82, 2.24) is 15.5 Å². The molecule has 0 saturated carbocycles. The Hall–Kier alpha value is -2.57. The van der Waals surface area contributed by atoms with Crippen LogP contribution in [0.25, 0.3) is 0 Å². The van der Waals surface area contributed by atoms with E-state index in [-0.39, 0.29) is 11.9 Å². The van der Waals surface area contributed by atoms with Gasteiger partial charge in [-0.25, -0.2) is 0 Å². The summed E-state index contributed by atoms with van der Waals surface area (Å²) in [5.74, 6) is 1.91. The van der Waals surface area contributed by atoms with E-state index in [2.05, 4.69) is 15.5 Å². The third-order valence-corrected chi connectivity index (χ3v) is 3.78. The Morgan fingerprint density at radius 2 is 2.35 bits per heavy atom. The lowest BCUT2D eigenvalue weighted by Crippen LogP contribution is -2.43. The van der Waals surface area contributed by atoms with Crippen molar-refractivity contribution in [2.24, 2.45) is 0 Å². The zero-order chi connectivity index (χ0) is 16.1. The minimum absolute atomic E-state index is 0.0189. The topological polar surface area (TPSA) is 80.5 Å². The lowest BCUT2D eigenvalue weighted by atomic mass is 10.2. The Morgan fingerprint density at radius 3 is 3.04 bits per heavy atom. The van der Waals surface area contributed by atoms with Crippen molar-refractivity contribution < 1.29 is 13.9 Å². The average Bonchev–Trinajstić information content (AvgIpc) is 3.25. The first-order valence-corrected chi connectivity index (χ1v) is 7.81. The van der Waals surface area contributed by atoms with Crippen molar-refractivity contribution in [3.63, 3.8) is 0 Å². The maximum atomic E-state index is 12.4. The zero-order valence-electron chi connectivity index (χ0n) is 13.1. The highest BCUT2D eigenvalue weighted by Gasteiger charge is 2.31. The van der Waals surface area contributed by atoms with Gasteiger partial charge in [-0.2, -0.15) is 0 Å². The van der Waals surface area contributed by atoms with Gasteiger partial charge in [0, 0.05) is 12.6 Å². The molecule has 0 spiro atoms. The molecule has 1 unspecified atom stereocenters. The molecule has 1 fully saturated rings. The number of aromatic nitrogens is 2. The van der Waals surface area contributed by atoms with Crippen LogP contribution < -0.4 is 15.0 Å². The van der Waals surface area contributed by atoms with Gasteiger partial charge < -0.3 is 19.4 Å². The Morgan fingerprint density at radius 1 is 1.43 bits per heavy atom. The van der Waals surface area contributed by atoms with Crippen LogP contribution in [-0.2, 0) is 11.3 Å². The third kappa shape index (κ3) is 3.61. The molecule has 3 rings (SSSR count). The minimum Gasteiger partial charge on any atom is -0.477 e. The van der Waals surface area contributed by atoms with Crippen molar-refractivity contribution in [2.45, 2.75) is 32.4 Å². The second-order valence-corrected chi connectivity index (χ2v) is 5.31. The number of nitrogens with one attached hydrogen (secondary N) is 1. The lowest BCUT2D eigenvalue weighted by Gasteiger charge is -2.24. The molecule has 0 aromatic carbocycles. The molecule has 7 nitrogen and oxygen atoms in total. The Balaban J connectivity index is 1.63. The van der Waals surface area contributed by atoms with Crippen LogP contribution in [-0.4, -0.2) is 35.3 Å². The Labute approximate surface area is 134 Å². The van der Waals surface area contributed by atoms with Crippen LogP contribution in [0.15, 0.2) is 34.9 Å². The molecule has 1 saturated heterocycles. The van der Waals surface area contributed by atoms with Gasteiger partial charge in [0.05, 0.1) is 19.4 Å². The monoisotopic (exact) mass is 316 g/mol. The molecule has 3 heterocycles. The molecule has 1 aliphatic heterocycles. The van der Waals surface area contributed by atoms with Crippen molar-refractivity contribution in [3.8, 4) is 5.88 Å².